The zero-order valence-electron chi connectivity index (χ0n) is 7.17. The minimum absolute atomic E-state index is 0.615. The minimum Gasteiger partial charge on any atom is -0.397 e. The van der Waals surface area contributed by atoms with Crippen molar-refractivity contribution in [3.63, 3.8) is 0 Å². The van der Waals surface area contributed by atoms with Crippen molar-refractivity contribution < 1.29 is 0 Å². The second-order valence-corrected chi connectivity index (χ2v) is 5.30. The van der Waals surface area contributed by atoms with Crippen LogP contribution in [0, 0.1) is 14.2 Å². The molecule has 2 nitrogen and oxygen atoms in total. The van der Waals surface area contributed by atoms with Gasteiger partial charge in [0.15, 0.2) is 0 Å². The summed E-state index contributed by atoms with van der Waals surface area (Å²) in [6.45, 7) is 1.93. The largest absolute Gasteiger partial charge is 0.397 e. The fourth-order valence-electron chi connectivity index (χ4n) is 0.955. The van der Waals surface area contributed by atoms with E-state index in [9.17, 15) is 0 Å². The molecule has 1 heterocycles. The summed E-state index contributed by atoms with van der Waals surface area (Å²) in [7, 11) is 0. The van der Waals surface area contributed by atoms with Crippen molar-refractivity contribution in [2.45, 2.75) is 13.3 Å². The van der Waals surface area contributed by atoms with E-state index in [4.69, 9.17) is 11.0 Å². The fourth-order valence-corrected chi connectivity index (χ4v) is 2.30. The topological polar surface area (TPSA) is 49.8 Å². The molecule has 0 aliphatic carbocycles. The van der Waals surface area contributed by atoms with E-state index in [1.807, 2.05) is 18.4 Å². The van der Waals surface area contributed by atoms with Crippen LogP contribution >= 0.6 is 33.9 Å². The molecule has 2 N–H and O–H groups in total. The van der Waals surface area contributed by atoms with Crippen molar-refractivity contribution in [1.29, 1.82) is 5.26 Å². The Hall–Kier alpha value is -0.540. The third-order valence-electron chi connectivity index (χ3n) is 1.69. The van der Waals surface area contributed by atoms with Crippen LogP contribution in [0.4, 0.5) is 0 Å². The average Bonchev–Trinajstić information content (AvgIpc) is 2.54. The van der Waals surface area contributed by atoms with Gasteiger partial charge >= 0.3 is 0 Å². The lowest BCUT2D eigenvalue weighted by atomic mass is 10.1. The Kier molecular flexibility index (Phi) is 3.75. The molecule has 0 aromatic carbocycles. The van der Waals surface area contributed by atoms with Gasteiger partial charge in [0.2, 0.25) is 0 Å². The van der Waals surface area contributed by atoms with Crippen molar-refractivity contribution in [1.82, 2.24) is 0 Å². The van der Waals surface area contributed by atoms with E-state index in [1.165, 1.54) is 2.88 Å². The first-order valence-electron chi connectivity index (χ1n) is 3.82. The van der Waals surface area contributed by atoms with Gasteiger partial charge in [-0.2, -0.15) is 5.26 Å². The molecule has 0 unspecified atom stereocenters. The van der Waals surface area contributed by atoms with Crippen LogP contribution in [0.2, 0.25) is 0 Å². The van der Waals surface area contributed by atoms with Crippen LogP contribution in [0.5, 0.6) is 0 Å². The number of hydrogen-bond donors (Lipinski definition) is 1. The molecule has 0 spiro atoms. The average molecular weight is 304 g/mol. The molecular weight excluding hydrogens is 295 g/mol. The minimum atomic E-state index is 0.615. The monoisotopic (exact) mass is 304 g/mol. The van der Waals surface area contributed by atoms with E-state index < -0.39 is 0 Å². The summed E-state index contributed by atoms with van der Waals surface area (Å²) < 4.78 is 1.18. The van der Waals surface area contributed by atoms with Crippen LogP contribution in [0.25, 0.3) is 5.70 Å². The van der Waals surface area contributed by atoms with Gasteiger partial charge in [-0.3, -0.25) is 0 Å². The third kappa shape index (κ3) is 2.45. The van der Waals surface area contributed by atoms with Crippen LogP contribution in [0.15, 0.2) is 17.0 Å². The predicted octanol–water partition coefficient (Wildman–Crippen LogP) is 2.96. The lowest BCUT2D eigenvalue weighted by molar-refractivity contribution is 1.15. The van der Waals surface area contributed by atoms with Crippen LogP contribution in [0.1, 0.15) is 18.9 Å². The molecule has 68 valence electrons. The van der Waals surface area contributed by atoms with Crippen LogP contribution in [0.3, 0.4) is 0 Å². The van der Waals surface area contributed by atoms with E-state index in [0.29, 0.717) is 17.7 Å². The number of thiophene rings is 1. The Morgan fingerprint density at radius 1 is 1.77 bits per heavy atom. The van der Waals surface area contributed by atoms with Crippen molar-refractivity contribution in [2.24, 2.45) is 5.73 Å². The molecule has 0 saturated carbocycles. The van der Waals surface area contributed by atoms with Gasteiger partial charge in [-0.1, -0.05) is 6.92 Å². The Morgan fingerprint density at radius 3 is 2.85 bits per heavy atom. The van der Waals surface area contributed by atoms with E-state index >= 15 is 0 Å². The lowest BCUT2D eigenvalue weighted by Crippen LogP contribution is -1.98. The fraction of sp³-hybridized carbons (Fsp3) is 0.222. The van der Waals surface area contributed by atoms with Gasteiger partial charge in [-0.05, 0) is 35.1 Å². The first kappa shape index (κ1) is 10.5. The molecule has 0 amide bonds. The van der Waals surface area contributed by atoms with Gasteiger partial charge in [0.1, 0.15) is 0 Å². The highest BCUT2D eigenvalue weighted by molar-refractivity contribution is 14.1. The summed E-state index contributed by atoms with van der Waals surface area (Å²) in [5.74, 6) is 0. The van der Waals surface area contributed by atoms with Crippen LogP contribution in [-0.4, -0.2) is 0 Å². The van der Waals surface area contributed by atoms with Crippen LogP contribution in [-0.2, 0) is 0 Å². The Bertz CT molecular complexity index is 373. The molecule has 0 radical (unpaired) electrons. The summed E-state index contributed by atoms with van der Waals surface area (Å²) >= 11 is 3.87. The summed E-state index contributed by atoms with van der Waals surface area (Å²) in [6, 6.07) is 4.11. The first-order chi connectivity index (χ1) is 6.19. The van der Waals surface area contributed by atoms with Crippen molar-refractivity contribution in [3.05, 3.63) is 25.5 Å². The SMILES string of the molecule is CCC(C#N)=C(N)c1csc(I)c1. The highest BCUT2D eigenvalue weighted by atomic mass is 127. The maximum Gasteiger partial charge on any atom is 0.0968 e. The van der Waals surface area contributed by atoms with E-state index in [-0.39, 0.29) is 0 Å². The molecule has 0 saturated heterocycles. The molecule has 1 rings (SSSR count). The van der Waals surface area contributed by atoms with Gasteiger partial charge in [-0.25, -0.2) is 0 Å². The first-order valence-corrected chi connectivity index (χ1v) is 5.78. The number of nitrogens with zero attached hydrogens (tertiary/aromatic N) is 1. The lowest BCUT2D eigenvalue weighted by Gasteiger charge is -1.99. The number of nitriles is 1. The number of nitrogens with two attached hydrogens (primary N) is 1. The summed E-state index contributed by atoms with van der Waals surface area (Å²) in [5, 5.41) is 10.8. The smallest absolute Gasteiger partial charge is 0.0968 e. The highest BCUT2D eigenvalue weighted by Gasteiger charge is 2.05. The van der Waals surface area contributed by atoms with Gasteiger partial charge in [0.05, 0.1) is 20.2 Å². The standard InChI is InChI=1S/C9H9IN2S/c1-2-6(4-11)9(12)7-3-8(10)13-5-7/h3,5H,2,12H2,1H3. The number of halogens is 1. The van der Waals surface area contributed by atoms with Crippen molar-refractivity contribution >= 4 is 39.6 Å². The van der Waals surface area contributed by atoms with Crippen molar-refractivity contribution in [3.8, 4) is 6.07 Å². The quantitative estimate of drug-likeness (QED) is 0.674. The number of hydrogen-bond acceptors (Lipinski definition) is 3. The molecule has 0 fully saturated rings. The van der Waals surface area contributed by atoms with Gasteiger partial charge < -0.3 is 5.73 Å². The molecule has 1 aromatic heterocycles. The summed E-state index contributed by atoms with van der Waals surface area (Å²) in [5.41, 5.74) is 8.08. The van der Waals surface area contributed by atoms with Gasteiger partial charge in [-0.15, -0.1) is 11.3 Å². The van der Waals surface area contributed by atoms with Crippen molar-refractivity contribution in [2.75, 3.05) is 0 Å². The second-order valence-electron chi connectivity index (χ2n) is 2.50. The number of rotatable bonds is 2. The predicted molar refractivity (Wildman–Crippen MR) is 64.0 cm³/mol. The molecule has 0 aliphatic rings. The summed E-state index contributed by atoms with van der Waals surface area (Å²) in [6.07, 6.45) is 0.689. The number of allylic oxidation sites excluding steroid dienone is 1. The molecule has 0 aliphatic heterocycles. The zero-order chi connectivity index (χ0) is 9.84. The highest BCUT2D eigenvalue weighted by Crippen LogP contribution is 2.22. The van der Waals surface area contributed by atoms with Gasteiger partial charge in [0.25, 0.3) is 0 Å². The van der Waals surface area contributed by atoms with E-state index in [1.54, 1.807) is 11.3 Å². The van der Waals surface area contributed by atoms with E-state index in [0.717, 1.165) is 5.56 Å². The van der Waals surface area contributed by atoms with E-state index in [2.05, 4.69) is 28.7 Å². The molecule has 4 heteroatoms. The Balaban J connectivity index is 3.09. The molecule has 0 atom stereocenters. The molecular formula is C9H9IN2S. The second kappa shape index (κ2) is 4.63. The third-order valence-corrected chi connectivity index (χ3v) is 3.48. The normalized spacial score (nSPS) is 12.1. The molecule has 0 bridgehead atoms. The zero-order valence-corrected chi connectivity index (χ0v) is 10.1. The Labute approximate surface area is 95.2 Å². The maximum absolute atomic E-state index is 8.78. The molecule has 13 heavy (non-hydrogen) atoms. The molecule has 1 aromatic rings. The van der Waals surface area contributed by atoms with Gasteiger partial charge in [0, 0.05) is 10.9 Å². The summed E-state index contributed by atoms with van der Waals surface area (Å²) in [4.78, 5) is 0. The maximum atomic E-state index is 8.78. The Morgan fingerprint density at radius 2 is 2.46 bits per heavy atom. The van der Waals surface area contributed by atoms with Crippen LogP contribution < -0.4 is 5.73 Å².